The minimum absolute atomic E-state index is 0.0124. The number of methoxy groups -OCH3 is 1. The first-order chi connectivity index (χ1) is 9.60. The van der Waals surface area contributed by atoms with Crippen LogP contribution in [-0.4, -0.2) is 12.9 Å². The van der Waals surface area contributed by atoms with Crippen LogP contribution >= 0.6 is 0 Å². The predicted octanol–water partition coefficient (Wildman–Crippen LogP) is 3.79. The maximum absolute atomic E-state index is 11.6. The molecule has 0 aromatic heterocycles. The molecule has 0 amide bonds. The van der Waals surface area contributed by atoms with Gasteiger partial charge < -0.3 is 9.47 Å². The molecule has 0 N–H and O–H groups in total. The van der Waals surface area contributed by atoms with Crippen molar-refractivity contribution in [2.75, 3.05) is 7.11 Å². The highest BCUT2D eigenvalue weighted by molar-refractivity contribution is 5.97. The van der Waals surface area contributed by atoms with Crippen molar-refractivity contribution in [3.05, 3.63) is 59.2 Å². The minimum Gasteiger partial charge on any atom is -0.497 e. The Labute approximate surface area is 119 Å². The number of aryl methyl sites for hydroxylation is 1. The van der Waals surface area contributed by atoms with E-state index in [1.165, 1.54) is 0 Å². The molecule has 0 saturated carbocycles. The summed E-state index contributed by atoms with van der Waals surface area (Å²) in [7, 11) is 1.64. The normalized spacial score (nSPS) is 10.2. The number of Topliss-reactive ketones (excluding diaryl/α,β-unsaturated/α-hetero) is 1. The number of ether oxygens (including phenoxy) is 2. The summed E-state index contributed by atoms with van der Waals surface area (Å²) >= 11 is 0. The van der Waals surface area contributed by atoms with Crippen LogP contribution in [0.25, 0.3) is 0 Å². The van der Waals surface area contributed by atoms with E-state index in [1.807, 2.05) is 49.4 Å². The Bertz CT molecular complexity index is 600. The van der Waals surface area contributed by atoms with E-state index in [-0.39, 0.29) is 5.78 Å². The fourth-order valence-corrected chi connectivity index (χ4v) is 1.93. The van der Waals surface area contributed by atoms with E-state index in [1.54, 1.807) is 14.0 Å². The highest BCUT2D eigenvalue weighted by Gasteiger charge is 2.08. The standard InChI is InChI=1S/C17H18O3/c1-12-4-9-17(16(10-12)13(2)18)20-11-14-5-7-15(19-3)8-6-14/h4-10H,11H2,1-3H3. The lowest BCUT2D eigenvalue weighted by atomic mass is 10.1. The van der Waals surface area contributed by atoms with Crippen molar-refractivity contribution in [3.63, 3.8) is 0 Å². The Balaban J connectivity index is 2.12. The maximum Gasteiger partial charge on any atom is 0.163 e. The van der Waals surface area contributed by atoms with E-state index in [4.69, 9.17) is 9.47 Å². The summed E-state index contributed by atoms with van der Waals surface area (Å²) in [4.78, 5) is 11.6. The summed E-state index contributed by atoms with van der Waals surface area (Å²) in [6.07, 6.45) is 0. The largest absolute Gasteiger partial charge is 0.497 e. The molecule has 2 aromatic rings. The van der Waals surface area contributed by atoms with Gasteiger partial charge in [-0.05, 0) is 43.7 Å². The van der Waals surface area contributed by atoms with Crippen LogP contribution in [0.3, 0.4) is 0 Å². The van der Waals surface area contributed by atoms with Crippen LogP contribution in [0.2, 0.25) is 0 Å². The van der Waals surface area contributed by atoms with Gasteiger partial charge in [0.25, 0.3) is 0 Å². The zero-order chi connectivity index (χ0) is 14.5. The third-order valence-corrected chi connectivity index (χ3v) is 3.07. The molecular weight excluding hydrogens is 252 g/mol. The highest BCUT2D eigenvalue weighted by Crippen LogP contribution is 2.22. The molecule has 0 aliphatic heterocycles. The van der Waals surface area contributed by atoms with E-state index in [9.17, 15) is 4.79 Å². The lowest BCUT2D eigenvalue weighted by Crippen LogP contribution is -2.02. The molecule has 0 fully saturated rings. The molecule has 0 unspecified atom stereocenters. The molecule has 104 valence electrons. The van der Waals surface area contributed by atoms with Crippen LogP contribution in [0.15, 0.2) is 42.5 Å². The van der Waals surface area contributed by atoms with Gasteiger partial charge >= 0.3 is 0 Å². The zero-order valence-corrected chi connectivity index (χ0v) is 12.0. The van der Waals surface area contributed by atoms with Gasteiger partial charge in [0, 0.05) is 0 Å². The monoisotopic (exact) mass is 270 g/mol. The van der Waals surface area contributed by atoms with Gasteiger partial charge in [-0.1, -0.05) is 23.8 Å². The predicted molar refractivity (Wildman–Crippen MR) is 78.5 cm³/mol. The fourth-order valence-electron chi connectivity index (χ4n) is 1.93. The summed E-state index contributed by atoms with van der Waals surface area (Å²) in [5, 5.41) is 0. The van der Waals surface area contributed by atoms with Crippen LogP contribution < -0.4 is 9.47 Å². The first kappa shape index (κ1) is 14.1. The van der Waals surface area contributed by atoms with Gasteiger partial charge in [0.1, 0.15) is 18.1 Å². The van der Waals surface area contributed by atoms with Crippen molar-refractivity contribution in [3.8, 4) is 11.5 Å². The third kappa shape index (κ3) is 3.38. The number of rotatable bonds is 5. The van der Waals surface area contributed by atoms with Crippen molar-refractivity contribution in [1.82, 2.24) is 0 Å². The molecule has 2 aromatic carbocycles. The van der Waals surface area contributed by atoms with Crippen LogP contribution in [0, 0.1) is 6.92 Å². The van der Waals surface area contributed by atoms with Gasteiger partial charge in [0.05, 0.1) is 12.7 Å². The second kappa shape index (κ2) is 6.24. The molecule has 0 aliphatic carbocycles. The fraction of sp³-hybridized carbons (Fsp3) is 0.235. The topological polar surface area (TPSA) is 35.5 Å². The lowest BCUT2D eigenvalue weighted by molar-refractivity contribution is 0.101. The zero-order valence-electron chi connectivity index (χ0n) is 12.0. The van der Waals surface area contributed by atoms with Crippen molar-refractivity contribution >= 4 is 5.78 Å². The van der Waals surface area contributed by atoms with Crippen molar-refractivity contribution in [1.29, 1.82) is 0 Å². The van der Waals surface area contributed by atoms with Crippen molar-refractivity contribution in [2.24, 2.45) is 0 Å². The van der Waals surface area contributed by atoms with E-state index < -0.39 is 0 Å². The number of hydrogen-bond acceptors (Lipinski definition) is 3. The van der Waals surface area contributed by atoms with Gasteiger partial charge in [-0.2, -0.15) is 0 Å². The van der Waals surface area contributed by atoms with Crippen molar-refractivity contribution < 1.29 is 14.3 Å². The summed E-state index contributed by atoms with van der Waals surface area (Å²) in [6, 6.07) is 13.3. The van der Waals surface area contributed by atoms with E-state index in [2.05, 4.69) is 0 Å². The average Bonchev–Trinajstić information content (AvgIpc) is 2.46. The maximum atomic E-state index is 11.6. The molecule has 0 atom stereocenters. The average molecular weight is 270 g/mol. The molecule has 0 heterocycles. The molecule has 0 aliphatic rings. The molecule has 0 spiro atoms. The SMILES string of the molecule is COc1ccc(COc2ccc(C)cc2C(C)=O)cc1. The minimum atomic E-state index is 0.0124. The van der Waals surface area contributed by atoms with Crippen LogP contribution in [0.5, 0.6) is 11.5 Å². The van der Waals surface area contributed by atoms with Gasteiger partial charge in [-0.3, -0.25) is 4.79 Å². The van der Waals surface area contributed by atoms with Gasteiger partial charge in [-0.25, -0.2) is 0 Å². The number of hydrogen-bond donors (Lipinski definition) is 0. The first-order valence-electron chi connectivity index (χ1n) is 6.47. The molecule has 0 bridgehead atoms. The molecule has 20 heavy (non-hydrogen) atoms. The second-order valence-electron chi connectivity index (χ2n) is 4.69. The van der Waals surface area contributed by atoms with Gasteiger partial charge in [0.15, 0.2) is 5.78 Å². The second-order valence-corrected chi connectivity index (χ2v) is 4.69. The molecule has 0 radical (unpaired) electrons. The summed E-state index contributed by atoms with van der Waals surface area (Å²) in [5.74, 6) is 1.45. The van der Waals surface area contributed by atoms with Crippen LogP contribution in [0.4, 0.5) is 0 Å². The summed E-state index contributed by atoms with van der Waals surface area (Å²) < 4.78 is 10.9. The Morgan fingerprint density at radius 2 is 1.80 bits per heavy atom. The molecule has 3 heteroatoms. The quantitative estimate of drug-likeness (QED) is 0.775. The Hall–Kier alpha value is -2.29. The van der Waals surface area contributed by atoms with E-state index in [0.717, 1.165) is 16.9 Å². The number of ketones is 1. The first-order valence-corrected chi connectivity index (χ1v) is 6.47. The summed E-state index contributed by atoms with van der Waals surface area (Å²) in [6.45, 7) is 3.93. The van der Waals surface area contributed by atoms with E-state index >= 15 is 0 Å². The molecular formula is C17H18O3. The number of carbonyl (C=O) groups is 1. The lowest BCUT2D eigenvalue weighted by Gasteiger charge is -2.11. The molecule has 3 nitrogen and oxygen atoms in total. The number of carbonyl (C=O) groups excluding carboxylic acids is 1. The van der Waals surface area contributed by atoms with E-state index in [0.29, 0.717) is 17.9 Å². The Morgan fingerprint density at radius 3 is 2.40 bits per heavy atom. The Morgan fingerprint density at radius 1 is 1.10 bits per heavy atom. The summed E-state index contributed by atoms with van der Waals surface area (Å²) in [5.41, 5.74) is 2.70. The molecule has 2 rings (SSSR count). The number of benzene rings is 2. The van der Waals surface area contributed by atoms with Crippen molar-refractivity contribution in [2.45, 2.75) is 20.5 Å². The van der Waals surface area contributed by atoms with Gasteiger partial charge in [0.2, 0.25) is 0 Å². The highest BCUT2D eigenvalue weighted by atomic mass is 16.5. The van der Waals surface area contributed by atoms with Crippen LogP contribution in [0.1, 0.15) is 28.4 Å². The van der Waals surface area contributed by atoms with Crippen LogP contribution in [-0.2, 0) is 6.61 Å². The Kier molecular flexibility index (Phi) is 4.41. The van der Waals surface area contributed by atoms with Gasteiger partial charge in [-0.15, -0.1) is 0 Å². The molecule has 0 saturated heterocycles. The third-order valence-electron chi connectivity index (χ3n) is 3.07. The smallest absolute Gasteiger partial charge is 0.163 e.